The number of nitriles is 1. The van der Waals surface area contributed by atoms with Crippen molar-refractivity contribution in [3.05, 3.63) is 47.0 Å². The summed E-state index contributed by atoms with van der Waals surface area (Å²) < 4.78 is 5.98. The molecule has 1 aliphatic rings. The second-order valence-corrected chi connectivity index (χ2v) is 6.40. The standard InChI is InChI=1S/C19H21N5O2/c1-12-9-18(16(11-20)13(2)23-12)24-7-4-14(5-8-24)26-15-3-6-22-17(10-15)19(21)25/h3,6,9-10,14H,4-5,7-8H2,1-2H3,(H2,21,25). The van der Waals surface area contributed by atoms with Crippen molar-refractivity contribution in [3.8, 4) is 11.8 Å². The molecule has 2 N–H and O–H groups in total. The molecule has 26 heavy (non-hydrogen) atoms. The maximum atomic E-state index is 11.2. The van der Waals surface area contributed by atoms with Gasteiger partial charge in [0.1, 0.15) is 23.6 Å². The molecular formula is C19H21N5O2. The predicted octanol–water partition coefficient (Wildman–Crippen LogP) is 2.11. The molecule has 3 rings (SSSR count). The highest BCUT2D eigenvalue weighted by Gasteiger charge is 2.23. The third-order valence-corrected chi connectivity index (χ3v) is 4.49. The lowest BCUT2D eigenvalue weighted by Crippen LogP contribution is -2.38. The van der Waals surface area contributed by atoms with E-state index in [1.165, 1.54) is 6.20 Å². The van der Waals surface area contributed by atoms with E-state index in [1.54, 1.807) is 12.1 Å². The van der Waals surface area contributed by atoms with E-state index in [2.05, 4.69) is 20.9 Å². The van der Waals surface area contributed by atoms with Crippen LogP contribution < -0.4 is 15.4 Å². The Balaban J connectivity index is 1.68. The molecule has 1 aliphatic heterocycles. The van der Waals surface area contributed by atoms with Gasteiger partial charge in [0.25, 0.3) is 5.91 Å². The number of primary amides is 1. The minimum Gasteiger partial charge on any atom is -0.490 e. The fraction of sp³-hybridized carbons (Fsp3) is 0.368. The Bertz CT molecular complexity index is 867. The molecule has 0 aliphatic carbocycles. The lowest BCUT2D eigenvalue weighted by atomic mass is 10.0. The van der Waals surface area contributed by atoms with Crippen LogP contribution in [0.3, 0.4) is 0 Å². The molecule has 0 saturated carbocycles. The van der Waals surface area contributed by atoms with E-state index in [9.17, 15) is 10.1 Å². The third-order valence-electron chi connectivity index (χ3n) is 4.49. The number of hydrogen-bond donors (Lipinski definition) is 1. The van der Waals surface area contributed by atoms with E-state index >= 15 is 0 Å². The number of pyridine rings is 2. The molecule has 0 aromatic carbocycles. The first-order chi connectivity index (χ1) is 12.5. The smallest absolute Gasteiger partial charge is 0.267 e. The molecule has 1 amide bonds. The molecule has 7 nitrogen and oxygen atoms in total. The normalized spacial score (nSPS) is 14.7. The Morgan fingerprint density at radius 1 is 1.35 bits per heavy atom. The van der Waals surface area contributed by atoms with Crippen molar-refractivity contribution < 1.29 is 9.53 Å². The average Bonchev–Trinajstić information content (AvgIpc) is 2.62. The number of ether oxygens (including phenoxy) is 1. The molecule has 0 spiro atoms. The van der Waals surface area contributed by atoms with Crippen LogP contribution in [-0.4, -0.2) is 35.1 Å². The Morgan fingerprint density at radius 3 is 2.73 bits per heavy atom. The van der Waals surface area contributed by atoms with Gasteiger partial charge in [0.15, 0.2) is 0 Å². The van der Waals surface area contributed by atoms with Crippen LogP contribution in [0.25, 0.3) is 0 Å². The summed E-state index contributed by atoms with van der Waals surface area (Å²) >= 11 is 0. The number of aromatic nitrogens is 2. The lowest BCUT2D eigenvalue weighted by molar-refractivity contribution is 0.0994. The number of carbonyl (C=O) groups is 1. The van der Waals surface area contributed by atoms with Gasteiger partial charge >= 0.3 is 0 Å². The average molecular weight is 351 g/mol. The maximum Gasteiger partial charge on any atom is 0.267 e. The van der Waals surface area contributed by atoms with Crippen molar-refractivity contribution in [1.82, 2.24) is 9.97 Å². The number of amides is 1. The highest BCUT2D eigenvalue weighted by atomic mass is 16.5. The summed E-state index contributed by atoms with van der Waals surface area (Å²) in [6.45, 7) is 5.38. The first-order valence-electron chi connectivity index (χ1n) is 8.53. The zero-order chi connectivity index (χ0) is 18.7. The minimum absolute atomic E-state index is 0.0453. The van der Waals surface area contributed by atoms with Crippen molar-refractivity contribution in [2.45, 2.75) is 32.8 Å². The van der Waals surface area contributed by atoms with Gasteiger partial charge in [-0.15, -0.1) is 0 Å². The minimum atomic E-state index is -0.572. The molecule has 1 fully saturated rings. The fourth-order valence-electron chi connectivity index (χ4n) is 3.22. The van der Waals surface area contributed by atoms with Gasteiger partial charge in [0.2, 0.25) is 0 Å². The predicted molar refractivity (Wildman–Crippen MR) is 97.0 cm³/mol. The van der Waals surface area contributed by atoms with Crippen LogP contribution in [0, 0.1) is 25.2 Å². The molecular weight excluding hydrogens is 330 g/mol. The van der Waals surface area contributed by atoms with Gasteiger partial charge in [-0.1, -0.05) is 0 Å². The van der Waals surface area contributed by atoms with Gasteiger partial charge in [-0.3, -0.25) is 14.8 Å². The van der Waals surface area contributed by atoms with Crippen LogP contribution in [0.4, 0.5) is 5.69 Å². The van der Waals surface area contributed by atoms with E-state index in [4.69, 9.17) is 10.5 Å². The van der Waals surface area contributed by atoms with E-state index in [0.29, 0.717) is 11.3 Å². The number of rotatable bonds is 4. The van der Waals surface area contributed by atoms with Crippen molar-refractivity contribution in [2.24, 2.45) is 5.73 Å². The van der Waals surface area contributed by atoms with Crippen LogP contribution >= 0.6 is 0 Å². The molecule has 2 aromatic rings. The molecule has 2 aromatic heterocycles. The second-order valence-electron chi connectivity index (χ2n) is 6.40. The lowest BCUT2D eigenvalue weighted by Gasteiger charge is -2.34. The van der Waals surface area contributed by atoms with Crippen LogP contribution in [0.1, 0.15) is 40.3 Å². The quantitative estimate of drug-likeness (QED) is 0.904. The van der Waals surface area contributed by atoms with Crippen LogP contribution in [0.2, 0.25) is 0 Å². The van der Waals surface area contributed by atoms with Gasteiger partial charge < -0.3 is 15.4 Å². The zero-order valence-corrected chi connectivity index (χ0v) is 14.9. The number of nitrogens with zero attached hydrogens (tertiary/aromatic N) is 4. The van der Waals surface area contributed by atoms with Gasteiger partial charge in [-0.25, -0.2) is 0 Å². The van der Waals surface area contributed by atoms with Crippen molar-refractivity contribution in [2.75, 3.05) is 18.0 Å². The van der Waals surface area contributed by atoms with E-state index in [-0.39, 0.29) is 11.8 Å². The van der Waals surface area contributed by atoms with E-state index in [1.807, 2.05) is 19.9 Å². The topological polar surface area (TPSA) is 105 Å². The van der Waals surface area contributed by atoms with Gasteiger partial charge in [0.05, 0.1) is 16.9 Å². The molecule has 134 valence electrons. The third kappa shape index (κ3) is 3.75. The van der Waals surface area contributed by atoms with E-state index in [0.717, 1.165) is 43.0 Å². The van der Waals surface area contributed by atoms with Crippen molar-refractivity contribution in [1.29, 1.82) is 5.26 Å². The molecule has 3 heterocycles. The largest absolute Gasteiger partial charge is 0.490 e. The first-order valence-corrected chi connectivity index (χ1v) is 8.53. The zero-order valence-electron chi connectivity index (χ0n) is 14.9. The molecule has 0 unspecified atom stereocenters. The van der Waals surface area contributed by atoms with Crippen molar-refractivity contribution in [3.63, 3.8) is 0 Å². The Labute approximate surface area is 152 Å². The summed E-state index contributed by atoms with van der Waals surface area (Å²) in [4.78, 5) is 21.7. The fourth-order valence-corrected chi connectivity index (χ4v) is 3.22. The number of piperidine rings is 1. The summed E-state index contributed by atoms with van der Waals surface area (Å²) in [7, 11) is 0. The number of aryl methyl sites for hydroxylation is 2. The van der Waals surface area contributed by atoms with Crippen LogP contribution in [0.15, 0.2) is 24.4 Å². The van der Waals surface area contributed by atoms with E-state index < -0.39 is 5.91 Å². The summed E-state index contributed by atoms with van der Waals surface area (Å²) in [6, 6.07) is 7.53. The number of anilines is 1. The highest BCUT2D eigenvalue weighted by molar-refractivity contribution is 5.91. The number of nitrogens with two attached hydrogens (primary N) is 1. The number of hydrogen-bond acceptors (Lipinski definition) is 6. The van der Waals surface area contributed by atoms with Crippen molar-refractivity contribution >= 4 is 11.6 Å². The summed E-state index contributed by atoms with van der Waals surface area (Å²) in [6.07, 6.45) is 3.20. The van der Waals surface area contributed by atoms with Crippen LogP contribution in [0.5, 0.6) is 5.75 Å². The summed E-state index contributed by atoms with van der Waals surface area (Å²) in [5, 5.41) is 9.45. The second kappa shape index (κ2) is 7.40. The summed E-state index contributed by atoms with van der Waals surface area (Å²) in [5.74, 6) is 0.0262. The summed E-state index contributed by atoms with van der Waals surface area (Å²) in [5.41, 5.74) is 8.69. The van der Waals surface area contributed by atoms with Gasteiger partial charge in [0, 0.05) is 43.9 Å². The maximum absolute atomic E-state index is 11.2. The first kappa shape index (κ1) is 17.7. The van der Waals surface area contributed by atoms with Gasteiger partial charge in [-0.05, 0) is 26.0 Å². The Hall–Kier alpha value is -3.14. The van der Waals surface area contributed by atoms with Crippen LogP contribution in [-0.2, 0) is 0 Å². The molecule has 0 atom stereocenters. The molecule has 0 radical (unpaired) electrons. The molecule has 1 saturated heterocycles. The Kier molecular flexibility index (Phi) is 5.03. The highest BCUT2D eigenvalue weighted by Crippen LogP contribution is 2.27. The monoisotopic (exact) mass is 351 g/mol. The molecule has 0 bridgehead atoms. The number of carbonyl (C=O) groups excluding carboxylic acids is 1. The van der Waals surface area contributed by atoms with Gasteiger partial charge in [-0.2, -0.15) is 5.26 Å². The Morgan fingerprint density at radius 2 is 2.08 bits per heavy atom. The molecule has 7 heteroatoms. The SMILES string of the molecule is Cc1cc(N2CCC(Oc3ccnc(C(N)=O)c3)CC2)c(C#N)c(C)n1.